The first-order valence-electron chi connectivity index (χ1n) is 17.3. The van der Waals surface area contributed by atoms with Crippen LogP contribution in [-0.2, 0) is 40.8 Å². The summed E-state index contributed by atoms with van der Waals surface area (Å²) in [5.74, 6) is -0.402. The minimum atomic E-state index is -3.75. The van der Waals surface area contributed by atoms with Gasteiger partial charge in [-0.25, -0.2) is 4.21 Å². The summed E-state index contributed by atoms with van der Waals surface area (Å²) in [6.07, 6.45) is 8.85. The van der Waals surface area contributed by atoms with E-state index in [0.29, 0.717) is 31.4 Å². The Balaban J connectivity index is 1.50. The van der Waals surface area contributed by atoms with Gasteiger partial charge in [0.05, 0.1) is 36.5 Å². The lowest BCUT2D eigenvalue weighted by atomic mass is 9.68. The van der Waals surface area contributed by atoms with Crippen LogP contribution >= 0.6 is 27.5 Å². The average molecular weight is 777 g/mol. The maximum Gasteiger partial charge on any atom is 0.287 e. The Bertz CT molecular complexity index is 1740. The number of aryl methyl sites for hydroxylation is 1. The van der Waals surface area contributed by atoms with Crippen LogP contribution in [0, 0.1) is 17.8 Å². The fraction of sp³-hybridized carbons (Fsp3) is 0.568. The number of rotatable bonds is 5. The predicted octanol–water partition coefficient (Wildman–Crippen LogP) is 7.03. The molecule has 2 aliphatic heterocycles. The van der Waals surface area contributed by atoms with Crippen molar-refractivity contribution in [2.75, 3.05) is 43.1 Å². The standard InChI is InChI=1S/C37H47BrClN3O6S/c1-24(2)34(43)40-49(45)28-11-14-33-31(20-28)42(22-37(23-47-33)15-5-7-25-19-27(39)10-13-30(25)37)21-26-9-12-29(26)32(46-18-16-38)8-6-17-48-36(3,4)35(44)41-49/h6,8,10-11,13-14,19-20,24,26,29,32H,5,7,9,12,15-18,21-23H2,1-4H3,(H,40,41,43,44,45)/t26-,29+,32-,37-,49?/m0/s1. The van der Waals surface area contributed by atoms with Gasteiger partial charge in [0.25, 0.3) is 5.91 Å². The molecule has 266 valence electrons. The highest BCUT2D eigenvalue weighted by Crippen LogP contribution is 2.47. The molecule has 4 aliphatic rings. The number of amides is 2. The van der Waals surface area contributed by atoms with Gasteiger partial charge in [-0.05, 0) is 99.2 Å². The molecule has 1 fully saturated rings. The van der Waals surface area contributed by atoms with Crippen molar-refractivity contribution in [3.63, 3.8) is 0 Å². The van der Waals surface area contributed by atoms with Gasteiger partial charge < -0.3 is 19.1 Å². The first-order chi connectivity index (χ1) is 23.3. The number of hydrogen-bond donors (Lipinski definition) is 1. The number of carbonyl (C=O) groups excluding carboxylic acids is 2. The smallest absolute Gasteiger partial charge is 0.287 e. The van der Waals surface area contributed by atoms with Crippen LogP contribution in [0.2, 0.25) is 5.02 Å². The van der Waals surface area contributed by atoms with E-state index in [9.17, 15) is 13.8 Å². The van der Waals surface area contributed by atoms with Crippen LogP contribution in [0.25, 0.3) is 0 Å². The lowest BCUT2D eigenvalue weighted by Crippen LogP contribution is -2.49. The number of nitrogens with zero attached hydrogens (tertiary/aromatic N) is 2. The van der Waals surface area contributed by atoms with Gasteiger partial charge in [-0.15, -0.1) is 4.36 Å². The molecule has 2 aliphatic carbocycles. The summed E-state index contributed by atoms with van der Waals surface area (Å²) in [5, 5.41) is 1.46. The number of ether oxygens (including phenoxy) is 3. The van der Waals surface area contributed by atoms with Gasteiger partial charge in [-0.3, -0.25) is 14.3 Å². The summed E-state index contributed by atoms with van der Waals surface area (Å²) in [4.78, 5) is 29.4. The SMILES string of the molecule is CC(C)C(=O)NS1(=O)=NC(=O)C(C)(C)OCC=C[C@H](OCCBr)[C@@H]2CC[C@H]2CN2C[C@@]3(CCCc4cc(Cl)ccc43)COc3ccc1cc32. The Labute approximate surface area is 303 Å². The van der Waals surface area contributed by atoms with Crippen molar-refractivity contribution in [2.45, 2.75) is 81.8 Å². The summed E-state index contributed by atoms with van der Waals surface area (Å²) >= 11 is 9.98. The van der Waals surface area contributed by atoms with Crippen LogP contribution < -0.4 is 14.4 Å². The minimum Gasteiger partial charge on any atom is -0.490 e. The molecular weight excluding hydrogens is 730 g/mol. The Morgan fingerprint density at radius 1 is 1.22 bits per heavy atom. The Morgan fingerprint density at radius 3 is 2.78 bits per heavy atom. The molecule has 1 saturated carbocycles. The lowest BCUT2D eigenvalue weighted by Gasteiger charge is -2.46. The summed E-state index contributed by atoms with van der Waals surface area (Å²) in [6.45, 7) is 9.23. The molecule has 6 rings (SSSR count). The number of benzene rings is 2. The summed E-state index contributed by atoms with van der Waals surface area (Å²) in [5.41, 5.74) is 1.58. The highest BCUT2D eigenvalue weighted by molar-refractivity contribution is 9.09. The number of fused-ring (bicyclic) bond motifs is 4. The van der Waals surface area contributed by atoms with E-state index in [2.05, 4.69) is 48.1 Å². The van der Waals surface area contributed by atoms with Crippen molar-refractivity contribution < 1.29 is 28.0 Å². The highest BCUT2D eigenvalue weighted by atomic mass is 79.9. The van der Waals surface area contributed by atoms with Crippen molar-refractivity contribution in [2.24, 2.45) is 22.1 Å². The molecule has 2 amide bonds. The molecule has 1 spiro atoms. The zero-order valence-corrected chi connectivity index (χ0v) is 31.9. The molecule has 1 N–H and O–H groups in total. The number of hydrogen-bond acceptors (Lipinski definition) is 7. The molecule has 2 heterocycles. The Hall–Kier alpha value is -2.44. The first-order valence-corrected chi connectivity index (χ1v) is 20.3. The van der Waals surface area contributed by atoms with Gasteiger partial charge in [-0.1, -0.05) is 59.6 Å². The highest BCUT2D eigenvalue weighted by Gasteiger charge is 2.45. The maximum absolute atomic E-state index is 14.8. The van der Waals surface area contributed by atoms with Crippen molar-refractivity contribution in [1.29, 1.82) is 0 Å². The Morgan fingerprint density at radius 2 is 2.04 bits per heavy atom. The van der Waals surface area contributed by atoms with Crippen LogP contribution in [0.15, 0.2) is 57.8 Å². The van der Waals surface area contributed by atoms with Crippen LogP contribution in [-0.4, -0.2) is 66.0 Å². The number of carbonyl (C=O) groups is 2. The van der Waals surface area contributed by atoms with Gasteiger partial charge in [0.15, 0.2) is 9.92 Å². The molecule has 0 saturated heterocycles. The molecule has 49 heavy (non-hydrogen) atoms. The molecule has 12 heteroatoms. The molecule has 1 unspecified atom stereocenters. The zero-order valence-electron chi connectivity index (χ0n) is 28.7. The quantitative estimate of drug-likeness (QED) is 0.257. The van der Waals surface area contributed by atoms with Gasteiger partial charge in [0.2, 0.25) is 5.91 Å². The predicted molar refractivity (Wildman–Crippen MR) is 196 cm³/mol. The van der Waals surface area contributed by atoms with Gasteiger partial charge in [0, 0.05) is 34.8 Å². The average Bonchev–Trinajstić information content (AvgIpc) is 3.19. The normalized spacial score (nSPS) is 29.6. The third kappa shape index (κ3) is 7.61. The molecule has 2 aromatic rings. The lowest BCUT2D eigenvalue weighted by molar-refractivity contribution is -0.137. The van der Waals surface area contributed by atoms with E-state index in [1.165, 1.54) is 11.1 Å². The van der Waals surface area contributed by atoms with E-state index in [1.807, 2.05) is 12.1 Å². The van der Waals surface area contributed by atoms with E-state index in [1.54, 1.807) is 45.9 Å². The summed E-state index contributed by atoms with van der Waals surface area (Å²) in [7, 11) is -3.75. The number of anilines is 1. The molecule has 9 nitrogen and oxygen atoms in total. The van der Waals surface area contributed by atoms with Crippen molar-refractivity contribution >= 4 is 54.9 Å². The van der Waals surface area contributed by atoms with E-state index in [4.69, 9.17) is 25.8 Å². The molecule has 0 aromatic heterocycles. The van der Waals surface area contributed by atoms with Crippen molar-refractivity contribution in [3.8, 4) is 5.75 Å². The monoisotopic (exact) mass is 775 g/mol. The molecule has 2 bridgehead atoms. The first kappa shape index (κ1) is 36.4. The minimum absolute atomic E-state index is 0.109. The van der Waals surface area contributed by atoms with Crippen LogP contribution in [0.4, 0.5) is 5.69 Å². The maximum atomic E-state index is 14.8. The second-order valence-electron chi connectivity index (χ2n) is 14.6. The van der Waals surface area contributed by atoms with E-state index >= 15 is 0 Å². The Kier molecular flexibility index (Phi) is 10.9. The third-order valence-electron chi connectivity index (χ3n) is 10.4. The fourth-order valence-corrected chi connectivity index (χ4v) is 9.56. The van der Waals surface area contributed by atoms with Gasteiger partial charge in [-0.2, -0.15) is 0 Å². The molecular formula is C37H47BrClN3O6S. The molecule has 2 aromatic carbocycles. The van der Waals surface area contributed by atoms with Crippen LogP contribution in [0.5, 0.6) is 5.75 Å². The number of nitrogens with one attached hydrogen (secondary N) is 1. The second-order valence-corrected chi connectivity index (χ2v) is 17.7. The van der Waals surface area contributed by atoms with E-state index < -0.39 is 33.2 Å². The fourth-order valence-electron chi connectivity index (χ4n) is 7.43. The third-order valence-corrected chi connectivity index (χ3v) is 12.8. The number of alkyl halides is 1. The van der Waals surface area contributed by atoms with Crippen molar-refractivity contribution in [1.82, 2.24) is 4.72 Å². The molecule has 5 atom stereocenters. The van der Waals surface area contributed by atoms with Gasteiger partial charge in [0.1, 0.15) is 11.4 Å². The largest absolute Gasteiger partial charge is 0.490 e. The van der Waals surface area contributed by atoms with Crippen LogP contribution in [0.1, 0.15) is 64.5 Å². The van der Waals surface area contributed by atoms with Gasteiger partial charge >= 0.3 is 0 Å². The van der Waals surface area contributed by atoms with Crippen molar-refractivity contribution in [3.05, 3.63) is 64.7 Å². The van der Waals surface area contributed by atoms with Crippen LogP contribution in [0.3, 0.4) is 0 Å². The number of halogens is 2. The molecule has 0 radical (unpaired) electrons. The summed E-state index contributed by atoms with van der Waals surface area (Å²) < 4.78 is 40.7. The zero-order chi connectivity index (χ0) is 35.0. The topological polar surface area (TPSA) is 107 Å². The van der Waals surface area contributed by atoms with E-state index in [0.717, 1.165) is 54.7 Å². The van der Waals surface area contributed by atoms with E-state index in [-0.39, 0.29) is 28.9 Å². The summed E-state index contributed by atoms with van der Waals surface area (Å²) in [6, 6.07) is 11.5. The second kappa shape index (κ2) is 14.7.